The Morgan fingerprint density at radius 1 is 1.10 bits per heavy atom. The van der Waals surface area contributed by atoms with Gasteiger partial charge in [0.2, 0.25) is 0 Å². The van der Waals surface area contributed by atoms with Crippen molar-refractivity contribution in [3.8, 4) is 16.9 Å². The molecule has 0 unspecified atom stereocenters. The minimum Gasteiger partial charge on any atom is -0.492 e. The van der Waals surface area contributed by atoms with E-state index in [-0.39, 0.29) is 11.2 Å². The van der Waals surface area contributed by atoms with Gasteiger partial charge in [-0.3, -0.25) is 4.79 Å². The van der Waals surface area contributed by atoms with Crippen molar-refractivity contribution in [1.29, 1.82) is 0 Å². The summed E-state index contributed by atoms with van der Waals surface area (Å²) in [6.07, 6.45) is 0. The lowest BCUT2D eigenvalue weighted by Gasteiger charge is -2.16. The van der Waals surface area contributed by atoms with Gasteiger partial charge < -0.3 is 4.74 Å². The van der Waals surface area contributed by atoms with E-state index in [2.05, 4.69) is 26.0 Å². The third-order valence-electron chi connectivity index (χ3n) is 3.90. The summed E-state index contributed by atoms with van der Waals surface area (Å²) in [6, 6.07) is 14.0. The van der Waals surface area contributed by atoms with Crippen LogP contribution in [-0.2, 0) is 5.41 Å². The second kappa shape index (κ2) is 4.48. The zero-order valence-corrected chi connectivity index (χ0v) is 12.1. The van der Waals surface area contributed by atoms with E-state index < -0.39 is 0 Å². The molecule has 2 aromatic carbocycles. The first kappa shape index (κ1) is 12.9. The summed E-state index contributed by atoms with van der Waals surface area (Å²) in [5.74, 6) is 1.07. The van der Waals surface area contributed by atoms with Gasteiger partial charge in [-0.25, -0.2) is 0 Å². The van der Waals surface area contributed by atoms with Gasteiger partial charge in [0.25, 0.3) is 0 Å². The normalized spacial score (nSPS) is 15.6. The van der Waals surface area contributed by atoms with Crippen molar-refractivity contribution in [3.05, 3.63) is 53.6 Å². The summed E-state index contributed by atoms with van der Waals surface area (Å²) < 4.78 is 5.71. The molecule has 1 aliphatic rings. The molecule has 0 atom stereocenters. The van der Waals surface area contributed by atoms with Crippen LogP contribution in [0.25, 0.3) is 11.1 Å². The van der Waals surface area contributed by atoms with Crippen LogP contribution in [0.5, 0.6) is 5.75 Å². The van der Waals surface area contributed by atoms with Crippen molar-refractivity contribution < 1.29 is 9.53 Å². The van der Waals surface area contributed by atoms with Crippen LogP contribution >= 0.6 is 0 Å². The monoisotopic (exact) mass is 266 g/mol. The second-order valence-corrected chi connectivity index (χ2v) is 6.02. The molecule has 0 aromatic heterocycles. The lowest BCUT2D eigenvalue weighted by Crippen LogP contribution is -2.18. The van der Waals surface area contributed by atoms with Crippen molar-refractivity contribution in [2.24, 2.45) is 0 Å². The van der Waals surface area contributed by atoms with E-state index in [4.69, 9.17) is 4.74 Å². The van der Waals surface area contributed by atoms with Crippen LogP contribution < -0.4 is 4.74 Å². The van der Waals surface area contributed by atoms with E-state index in [9.17, 15) is 4.79 Å². The van der Waals surface area contributed by atoms with Gasteiger partial charge in [-0.15, -0.1) is 0 Å². The SMILES string of the molecule is CC(=O)c1cccc(-c2ccc3c(c2)C(C)(C)CO3)c1. The molecule has 0 aliphatic carbocycles. The maximum absolute atomic E-state index is 11.5. The zero-order valence-electron chi connectivity index (χ0n) is 12.1. The number of ketones is 1. The molecule has 102 valence electrons. The van der Waals surface area contributed by atoms with Gasteiger partial charge >= 0.3 is 0 Å². The summed E-state index contributed by atoms with van der Waals surface area (Å²) in [6.45, 7) is 6.70. The van der Waals surface area contributed by atoms with Crippen LogP contribution in [0.3, 0.4) is 0 Å². The van der Waals surface area contributed by atoms with E-state index in [0.29, 0.717) is 0 Å². The Labute approximate surface area is 119 Å². The number of fused-ring (bicyclic) bond motifs is 1. The van der Waals surface area contributed by atoms with Gasteiger partial charge in [0.15, 0.2) is 5.78 Å². The van der Waals surface area contributed by atoms with Crippen molar-refractivity contribution in [2.45, 2.75) is 26.2 Å². The predicted octanol–water partition coefficient (Wildman–Crippen LogP) is 4.23. The van der Waals surface area contributed by atoms with Gasteiger partial charge in [0, 0.05) is 16.5 Å². The first-order valence-corrected chi connectivity index (χ1v) is 6.86. The quantitative estimate of drug-likeness (QED) is 0.760. The molecule has 0 amide bonds. The summed E-state index contributed by atoms with van der Waals surface area (Å²) in [4.78, 5) is 11.5. The first-order chi connectivity index (χ1) is 9.47. The molecule has 0 saturated heterocycles. The lowest BCUT2D eigenvalue weighted by molar-refractivity contribution is 0.101. The summed E-state index contributed by atoms with van der Waals surface area (Å²) in [5.41, 5.74) is 4.24. The number of hydrogen-bond donors (Lipinski definition) is 0. The molecule has 1 aliphatic heterocycles. The largest absolute Gasteiger partial charge is 0.492 e. The minimum atomic E-state index is 0.0452. The number of carbonyl (C=O) groups excluding carboxylic acids is 1. The molecule has 2 nitrogen and oxygen atoms in total. The summed E-state index contributed by atoms with van der Waals surface area (Å²) in [7, 11) is 0. The van der Waals surface area contributed by atoms with Gasteiger partial charge in [0.1, 0.15) is 5.75 Å². The van der Waals surface area contributed by atoms with Crippen molar-refractivity contribution in [1.82, 2.24) is 0 Å². The third-order valence-corrected chi connectivity index (χ3v) is 3.90. The van der Waals surface area contributed by atoms with Crippen LogP contribution in [0, 0.1) is 0 Å². The maximum atomic E-state index is 11.5. The van der Waals surface area contributed by atoms with Gasteiger partial charge in [-0.2, -0.15) is 0 Å². The third kappa shape index (κ3) is 2.11. The fourth-order valence-corrected chi connectivity index (χ4v) is 2.62. The molecule has 0 fully saturated rings. The molecule has 2 aromatic rings. The number of ether oxygens (including phenoxy) is 1. The van der Waals surface area contributed by atoms with Crippen molar-refractivity contribution in [2.75, 3.05) is 6.61 Å². The number of Topliss-reactive ketones (excluding diaryl/α,β-unsaturated/α-hetero) is 1. The predicted molar refractivity (Wildman–Crippen MR) is 80.4 cm³/mol. The van der Waals surface area contributed by atoms with Crippen molar-refractivity contribution in [3.63, 3.8) is 0 Å². The van der Waals surface area contributed by atoms with E-state index in [1.807, 2.05) is 30.3 Å². The van der Waals surface area contributed by atoms with E-state index in [0.717, 1.165) is 29.0 Å². The summed E-state index contributed by atoms with van der Waals surface area (Å²) in [5, 5.41) is 0. The Kier molecular flexibility index (Phi) is 2.89. The molecule has 20 heavy (non-hydrogen) atoms. The number of hydrogen-bond acceptors (Lipinski definition) is 2. The molecule has 0 spiro atoms. The average Bonchev–Trinajstić information content (AvgIpc) is 2.74. The number of rotatable bonds is 2. The molecule has 0 saturated carbocycles. The summed E-state index contributed by atoms with van der Waals surface area (Å²) >= 11 is 0. The van der Waals surface area contributed by atoms with Crippen LogP contribution in [0.2, 0.25) is 0 Å². The van der Waals surface area contributed by atoms with Crippen LogP contribution in [0.15, 0.2) is 42.5 Å². The highest BCUT2D eigenvalue weighted by Gasteiger charge is 2.31. The Morgan fingerprint density at radius 2 is 1.85 bits per heavy atom. The first-order valence-electron chi connectivity index (χ1n) is 6.86. The average molecular weight is 266 g/mol. The molecule has 0 N–H and O–H groups in total. The van der Waals surface area contributed by atoms with E-state index >= 15 is 0 Å². The fourth-order valence-electron chi connectivity index (χ4n) is 2.62. The molecular weight excluding hydrogens is 248 g/mol. The minimum absolute atomic E-state index is 0.0452. The molecule has 1 heterocycles. The van der Waals surface area contributed by atoms with Crippen LogP contribution in [0.4, 0.5) is 0 Å². The highest BCUT2D eigenvalue weighted by Crippen LogP contribution is 2.40. The lowest BCUT2D eigenvalue weighted by atomic mass is 9.85. The fraction of sp³-hybridized carbons (Fsp3) is 0.278. The Bertz CT molecular complexity index is 684. The van der Waals surface area contributed by atoms with Gasteiger partial charge in [0.05, 0.1) is 6.61 Å². The zero-order chi connectivity index (χ0) is 14.3. The Morgan fingerprint density at radius 3 is 2.60 bits per heavy atom. The number of benzene rings is 2. The molecule has 3 rings (SSSR count). The van der Waals surface area contributed by atoms with Crippen molar-refractivity contribution >= 4 is 5.78 Å². The van der Waals surface area contributed by atoms with Gasteiger partial charge in [-0.1, -0.05) is 38.1 Å². The van der Waals surface area contributed by atoms with E-state index in [1.165, 1.54) is 5.56 Å². The maximum Gasteiger partial charge on any atom is 0.159 e. The Hall–Kier alpha value is -2.09. The molecular formula is C18H18O2. The molecule has 0 radical (unpaired) electrons. The molecule has 0 bridgehead atoms. The smallest absolute Gasteiger partial charge is 0.159 e. The van der Waals surface area contributed by atoms with Crippen LogP contribution in [-0.4, -0.2) is 12.4 Å². The standard InChI is InChI=1S/C18H18O2/c1-12(19)13-5-4-6-14(9-13)15-7-8-17-16(10-15)18(2,3)11-20-17/h4-10H,11H2,1-3H3. The number of carbonyl (C=O) groups is 1. The van der Waals surface area contributed by atoms with Crippen LogP contribution in [0.1, 0.15) is 36.7 Å². The van der Waals surface area contributed by atoms with Gasteiger partial charge in [-0.05, 0) is 36.2 Å². The Balaban J connectivity index is 2.08. The second-order valence-electron chi connectivity index (χ2n) is 6.02. The van der Waals surface area contributed by atoms with E-state index in [1.54, 1.807) is 6.92 Å². The highest BCUT2D eigenvalue weighted by atomic mass is 16.5. The molecule has 2 heteroatoms. The highest BCUT2D eigenvalue weighted by molar-refractivity contribution is 5.95. The topological polar surface area (TPSA) is 26.3 Å².